The van der Waals surface area contributed by atoms with E-state index in [4.69, 9.17) is 14.4 Å². The van der Waals surface area contributed by atoms with Crippen molar-refractivity contribution in [3.8, 4) is 11.8 Å². The number of nitrogens with zero attached hydrogens (tertiary/aromatic N) is 3. The van der Waals surface area contributed by atoms with Crippen LogP contribution in [0.4, 0.5) is 0 Å². The number of benzene rings is 1. The summed E-state index contributed by atoms with van der Waals surface area (Å²) in [5.41, 5.74) is 1.15. The fraction of sp³-hybridized carbons (Fsp3) is 0.400. The van der Waals surface area contributed by atoms with Gasteiger partial charge in [-0.25, -0.2) is 0 Å². The zero-order chi connectivity index (χ0) is 14.9. The molecule has 0 bridgehead atoms. The van der Waals surface area contributed by atoms with E-state index in [1.165, 1.54) is 11.8 Å². The lowest BCUT2D eigenvalue weighted by Crippen LogP contribution is -1.95. The van der Waals surface area contributed by atoms with E-state index >= 15 is 0 Å². The average molecular weight is 303 g/mol. The Morgan fingerprint density at radius 3 is 3.05 bits per heavy atom. The Morgan fingerprint density at radius 2 is 2.24 bits per heavy atom. The van der Waals surface area contributed by atoms with Crippen LogP contribution in [0.3, 0.4) is 0 Å². The molecule has 0 aliphatic rings. The van der Waals surface area contributed by atoms with E-state index in [1.807, 2.05) is 31.2 Å². The van der Waals surface area contributed by atoms with Gasteiger partial charge in [0.1, 0.15) is 5.75 Å². The summed E-state index contributed by atoms with van der Waals surface area (Å²) in [6.07, 6.45) is 2.47. The minimum Gasteiger partial charge on any atom is -0.484 e. The topological polar surface area (TPSA) is 71.9 Å². The summed E-state index contributed by atoms with van der Waals surface area (Å²) in [4.78, 5) is 0. The predicted octanol–water partition coefficient (Wildman–Crippen LogP) is 3.74. The van der Waals surface area contributed by atoms with Crippen LogP contribution in [-0.4, -0.2) is 16.0 Å². The number of nitriles is 1. The fourth-order valence-corrected chi connectivity index (χ4v) is 2.45. The molecule has 0 spiro atoms. The van der Waals surface area contributed by atoms with Crippen molar-refractivity contribution in [2.24, 2.45) is 0 Å². The molecule has 0 radical (unpaired) electrons. The molecule has 0 saturated carbocycles. The van der Waals surface area contributed by atoms with Crippen molar-refractivity contribution in [2.75, 3.05) is 5.75 Å². The van der Waals surface area contributed by atoms with Gasteiger partial charge in [-0.2, -0.15) is 5.26 Å². The van der Waals surface area contributed by atoms with Crippen molar-refractivity contribution in [1.29, 1.82) is 5.26 Å². The lowest BCUT2D eigenvalue weighted by Gasteiger charge is -2.03. The molecule has 0 fully saturated rings. The molecular weight excluding hydrogens is 286 g/mol. The van der Waals surface area contributed by atoms with E-state index in [1.54, 1.807) is 0 Å². The van der Waals surface area contributed by atoms with Crippen LogP contribution >= 0.6 is 11.8 Å². The van der Waals surface area contributed by atoms with Gasteiger partial charge in [-0.15, -0.1) is 10.2 Å². The summed E-state index contributed by atoms with van der Waals surface area (Å²) in [5, 5.41) is 16.9. The molecule has 0 saturated heterocycles. The molecule has 2 rings (SSSR count). The monoisotopic (exact) mass is 303 g/mol. The van der Waals surface area contributed by atoms with E-state index in [2.05, 4.69) is 16.3 Å². The Kier molecular flexibility index (Phi) is 6.10. The highest BCUT2D eigenvalue weighted by atomic mass is 32.2. The standard InChI is InChI=1S/C15H17N3O2S/c1-12-6-5-7-13(10-12)19-11-14-17-18-15(20-14)21-9-4-2-3-8-16/h5-7,10H,2-4,9,11H2,1H3. The van der Waals surface area contributed by atoms with E-state index in [-0.39, 0.29) is 6.61 Å². The highest BCUT2D eigenvalue weighted by molar-refractivity contribution is 7.99. The summed E-state index contributed by atoms with van der Waals surface area (Å²) in [6.45, 7) is 2.28. The molecule has 0 atom stereocenters. The maximum Gasteiger partial charge on any atom is 0.276 e. The Morgan fingerprint density at radius 1 is 1.33 bits per heavy atom. The minimum atomic E-state index is 0.269. The number of hydrogen-bond donors (Lipinski definition) is 0. The van der Waals surface area contributed by atoms with Crippen LogP contribution in [0.5, 0.6) is 5.75 Å². The predicted molar refractivity (Wildman–Crippen MR) is 80.0 cm³/mol. The Balaban J connectivity index is 1.74. The van der Waals surface area contributed by atoms with E-state index in [0.717, 1.165) is 29.9 Å². The van der Waals surface area contributed by atoms with Gasteiger partial charge in [0, 0.05) is 12.2 Å². The van der Waals surface area contributed by atoms with Gasteiger partial charge in [0.25, 0.3) is 11.1 Å². The first kappa shape index (κ1) is 15.4. The van der Waals surface area contributed by atoms with Gasteiger partial charge >= 0.3 is 0 Å². The van der Waals surface area contributed by atoms with Crippen LogP contribution in [0.15, 0.2) is 33.9 Å². The molecule has 0 aliphatic heterocycles. The first-order chi connectivity index (χ1) is 10.3. The molecule has 0 unspecified atom stereocenters. The van der Waals surface area contributed by atoms with Crippen molar-refractivity contribution in [3.05, 3.63) is 35.7 Å². The van der Waals surface area contributed by atoms with Crippen molar-refractivity contribution < 1.29 is 9.15 Å². The molecule has 0 N–H and O–H groups in total. The van der Waals surface area contributed by atoms with Gasteiger partial charge in [0.2, 0.25) is 0 Å². The molecule has 1 aromatic carbocycles. The number of unbranched alkanes of at least 4 members (excludes halogenated alkanes) is 2. The van der Waals surface area contributed by atoms with Gasteiger partial charge < -0.3 is 9.15 Å². The number of thioether (sulfide) groups is 1. The van der Waals surface area contributed by atoms with Gasteiger partial charge in [-0.1, -0.05) is 23.9 Å². The molecule has 0 aliphatic carbocycles. The SMILES string of the molecule is Cc1cccc(OCc2nnc(SCCCCC#N)o2)c1. The van der Waals surface area contributed by atoms with Crippen molar-refractivity contribution in [1.82, 2.24) is 10.2 Å². The summed E-state index contributed by atoms with van der Waals surface area (Å²) in [5.74, 6) is 2.14. The Labute approximate surface area is 128 Å². The van der Waals surface area contributed by atoms with Crippen LogP contribution < -0.4 is 4.74 Å². The molecule has 5 nitrogen and oxygen atoms in total. The highest BCUT2D eigenvalue weighted by Gasteiger charge is 2.07. The fourth-order valence-electron chi connectivity index (χ4n) is 1.67. The molecular formula is C15H17N3O2S. The van der Waals surface area contributed by atoms with Gasteiger partial charge in [0.15, 0.2) is 6.61 Å². The first-order valence-electron chi connectivity index (χ1n) is 6.79. The third-order valence-electron chi connectivity index (χ3n) is 2.71. The van der Waals surface area contributed by atoms with Crippen molar-refractivity contribution in [3.63, 3.8) is 0 Å². The number of hydrogen-bond acceptors (Lipinski definition) is 6. The third kappa shape index (κ3) is 5.48. The average Bonchev–Trinajstić information content (AvgIpc) is 2.93. The molecule has 1 heterocycles. The molecule has 1 aromatic heterocycles. The molecule has 2 aromatic rings. The van der Waals surface area contributed by atoms with Crippen LogP contribution in [0.25, 0.3) is 0 Å². The lowest BCUT2D eigenvalue weighted by molar-refractivity contribution is 0.252. The van der Waals surface area contributed by atoms with Crippen molar-refractivity contribution in [2.45, 2.75) is 38.0 Å². The smallest absolute Gasteiger partial charge is 0.276 e. The summed E-state index contributed by atoms with van der Waals surface area (Å²) >= 11 is 1.51. The Hall–Kier alpha value is -2.00. The second kappa shape index (κ2) is 8.32. The quantitative estimate of drug-likeness (QED) is 0.546. The normalized spacial score (nSPS) is 10.3. The first-order valence-corrected chi connectivity index (χ1v) is 7.78. The van der Waals surface area contributed by atoms with Gasteiger partial charge in [-0.05, 0) is 37.5 Å². The third-order valence-corrected chi connectivity index (χ3v) is 3.61. The number of rotatable bonds is 8. The van der Waals surface area contributed by atoms with E-state index < -0.39 is 0 Å². The van der Waals surface area contributed by atoms with E-state index in [9.17, 15) is 0 Å². The summed E-state index contributed by atoms with van der Waals surface area (Å²) in [7, 11) is 0. The second-order valence-corrected chi connectivity index (χ2v) is 5.58. The van der Waals surface area contributed by atoms with Crippen molar-refractivity contribution >= 4 is 11.8 Å². The number of aromatic nitrogens is 2. The van der Waals surface area contributed by atoms with Crippen LogP contribution in [0, 0.1) is 18.3 Å². The maximum absolute atomic E-state index is 8.44. The van der Waals surface area contributed by atoms with E-state index in [0.29, 0.717) is 17.5 Å². The molecule has 21 heavy (non-hydrogen) atoms. The Bertz CT molecular complexity index is 607. The largest absolute Gasteiger partial charge is 0.484 e. The zero-order valence-electron chi connectivity index (χ0n) is 11.9. The van der Waals surface area contributed by atoms with Crippen LogP contribution in [-0.2, 0) is 6.61 Å². The lowest BCUT2D eigenvalue weighted by atomic mass is 10.2. The molecule has 6 heteroatoms. The molecule has 0 amide bonds. The highest BCUT2D eigenvalue weighted by Crippen LogP contribution is 2.19. The summed E-state index contributed by atoms with van der Waals surface area (Å²) < 4.78 is 11.1. The van der Waals surface area contributed by atoms with Gasteiger partial charge in [0.05, 0.1) is 6.07 Å². The number of aryl methyl sites for hydroxylation is 1. The zero-order valence-corrected chi connectivity index (χ0v) is 12.7. The minimum absolute atomic E-state index is 0.269. The second-order valence-electron chi connectivity index (χ2n) is 4.53. The number of ether oxygens (including phenoxy) is 1. The van der Waals surface area contributed by atoms with Crippen LogP contribution in [0.1, 0.15) is 30.7 Å². The summed E-state index contributed by atoms with van der Waals surface area (Å²) in [6, 6.07) is 9.95. The van der Waals surface area contributed by atoms with Gasteiger partial charge in [-0.3, -0.25) is 0 Å². The molecule has 110 valence electrons. The maximum atomic E-state index is 8.44. The van der Waals surface area contributed by atoms with Crippen LogP contribution in [0.2, 0.25) is 0 Å².